The first-order valence-electron chi connectivity index (χ1n) is 6.33. The van der Waals surface area contributed by atoms with E-state index < -0.39 is 0 Å². The topological polar surface area (TPSA) is 39.7 Å². The summed E-state index contributed by atoms with van der Waals surface area (Å²) in [5, 5.41) is 3.98. The quantitative estimate of drug-likeness (QED) is 0.863. The molecule has 3 rings (SSSR count). The Morgan fingerprint density at radius 1 is 1.29 bits per heavy atom. The third-order valence-corrected chi connectivity index (χ3v) is 4.37. The standard InChI is InChI=1S/C15H13BrClNO3/c1-19-13-4-9(5-14-15(13)21-8-20-14)7-18-10-2-3-11(16)12(17)6-10/h2-6,18H,7-8H2,1H3. The van der Waals surface area contributed by atoms with E-state index in [1.165, 1.54) is 0 Å². The zero-order valence-corrected chi connectivity index (χ0v) is 13.6. The van der Waals surface area contributed by atoms with Gasteiger partial charge in [-0.15, -0.1) is 0 Å². The summed E-state index contributed by atoms with van der Waals surface area (Å²) in [6.45, 7) is 0.857. The van der Waals surface area contributed by atoms with Crippen molar-refractivity contribution in [3.63, 3.8) is 0 Å². The lowest BCUT2D eigenvalue weighted by molar-refractivity contribution is 0.171. The van der Waals surface area contributed by atoms with Crippen LogP contribution in [-0.2, 0) is 6.54 Å². The second kappa shape index (κ2) is 6.03. The van der Waals surface area contributed by atoms with Crippen molar-refractivity contribution in [3.8, 4) is 17.2 Å². The molecule has 21 heavy (non-hydrogen) atoms. The van der Waals surface area contributed by atoms with Crippen molar-refractivity contribution in [3.05, 3.63) is 45.4 Å². The van der Waals surface area contributed by atoms with Crippen LogP contribution in [0.2, 0.25) is 5.02 Å². The maximum Gasteiger partial charge on any atom is 0.231 e. The van der Waals surface area contributed by atoms with Gasteiger partial charge in [0.25, 0.3) is 0 Å². The van der Waals surface area contributed by atoms with E-state index in [0.717, 1.165) is 15.7 Å². The monoisotopic (exact) mass is 369 g/mol. The van der Waals surface area contributed by atoms with Crippen LogP contribution in [0.3, 0.4) is 0 Å². The van der Waals surface area contributed by atoms with Crippen LogP contribution in [-0.4, -0.2) is 13.9 Å². The van der Waals surface area contributed by atoms with Gasteiger partial charge in [0.15, 0.2) is 11.5 Å². The normalized spacial score (nSPS) is 12.3. The van der Waals surface area contributed by atoms with Gasteiger partial charge in [-0.3, -0.25) is 0 Å². The highest BCUT2D eigenvalue weighted by Crippen LogP contribution is 2.41. The van der Waals surface area contributed by atoms with Gasteiger partial charge in [0.05, 0.1) is 12.1 Å². The van der Waals surface area contributed by atoms with Gasteiger partial charge in [0.2, 0.25) is 12.5 Å². The molecule has 0 aromatic heterocycles. The Labute approximate surface area is 136 Å². The van der Waals surface area contributed by atoms with E-state index in [9.17, 15) is 0 Å². The first kappa shape index (κ1) is 14.4. The van der Waals surface area contributed by atoms with Crippen LogP contribution in [0, 0.1) is 0 Å². The molecule has 0 fully saturated rings. The van der Waals surface area contributed by atoms with Crippen LogP contribution in [0.15, 0.2) is 34.8 Å². The van der Waals surface area contributed by atoms with Crippen molar-refractivity contribution >= 4 is 33.2 Å². The van der Waals surface area contributed by atoms with E-state index in [4.69, 9.17) is 25.8 Å². The third kappa shape index (κ3) is 3.04. The molecule has 2 aromatic rings. The molecule has 0 spiro atoms. The van der Waals surface area contributed by atoms with E-state index in [1.807, 2.05) is 30.3 Å². The summed E-state index contributed by atoms with van der Waals surface area (Å²) < 4.78 is 17.0. The van der Waals surface area contributed by atoms with Gasteiger partial charge in [-0.2, -0.15) is 0 Å². The Morgan fingerprint density at radius 3 is 2.90 bits per heavy atom. The molecule has 1 aliphatic heterocycles. The van der Waals surface area contributed by atoms with Crippen molar-refractivity contribution in [1.82, 2.24) is 0 Å². The van der Waals surface area contributed by atoms with Crippen molar-refractivity contribution in [2.45, 2.75) is 6.54 Å². The highest BCUT2D eigenvalue weighted by molar-refractivity contribution is 9.10. The lowest BCUT2D eigenvalue weighted by Gasteiger charge is -2.10. The van der Waals surface area contributed by atoms with Gasteiger partial charge in [-0.05, 0) is 51.8 Å². The number of hydrogen-bond donors (Lipinski definition) is 1. The molecule has 6 heteroatoms. The predicted octanol–water partition coefficient (Wildman–Crippen LogP) is 4.45. The van der Waals surface area contributed by atoms with E-state index in [-0.39, 0.29) is 6.79 Å². The largest absolute Gasteiger partial charge is 0.493 e. The van der Waals surface area contributed by atoms with Gasteiger partial charge in [-0.25, -0.2) is 0 Å². The molecule has 0 bridgehead atoms. The molecule has 0 radical (unpaired) electrons. The van der Waals surface area contributed by atoms with Crippen molar-refractivity contribution in [2.24, 2.45) is 0 Å². The van der Waals surface area contributed by atoms with Crippen LogP contribution < -0.4 is 19.5 Å². The Hall–Kier alpha value is -1.59. The highest BCUT2D eigenvalue weighted by Gasteiger charge is 2.19. The van der Waals surface area contributed by atoms with E-state index >= 15 is 0 Å². The average molecular weight is 371 g/mol. The molecule has 110 valence electrons. The van der Waals surface area contributed by atoms with E-state index in [0.29, 0.717) is 28.8 Å². The molecule has 0 atom stereocenters. The fourth-order valence-corrected chi connectivity index (χ4v) is 2.52. The summed E-state index contributed by atoms with van der Waals surface area (Å²) in [5.74, 6) is 2.04. The molecular formula is C15H13BrClNO3. The summed E-state index contributed by atoms with van der Waals surface area (Å²) in [5.41, 5.74) is 1.98. The molecule has 1 heterocycles. The summed E-state index contributed by atoms with van der Waals surface area (Å²) in [4.78, 5) is 0. The number of ether oxygens (including phenoxy) is 3. The zero-order chi connectivity index (χ0) is 14.8. The maximum absolute atomic E-state index is 6.08. The molecule has 1 N–H and O–H groups in total. The predicted molar refractivity (Wildman–Crippen MR) is 85.6 cm³/mol. The fourth-order valence-electron chi connectivity index (χ4n) is 2.10. The minimum Gasteiger partial charge on any atom is -0.493 e. The Morgan fingerprint density at radius 2 is 2.14 bits per heavy atom. The van der Waals surface area contributed by atoms with Crippen molar-refractivity contribution < 1.29 is 14.2 Å². The number of nitrogens with one attached hydrogen (secondary N) is 1. The van der Waals surface area contributed by atoms with Gasteiger partial charge >= 0.3 is 0 Å². The summed E-state index contributed by atoms with van der Waals surface area (Å²) in [6.07, 6.45) is 0. The molecule has 2 aromatic carbocycles. The highest BCUT2D eigenvalue weighted by atomic mass is 79.9. The lowest BCUT2D eigenvalue weighted by atomic mass is 10.1. The van der Waals surface area contributed by atoms with Crippen molar-refractivity contribution in [2.75, 3.05) is 19.2 Å². The van der Waals surface area contributed by atoms with E-state index in [2.05, 4.69) is 21.2 Å². The smallest absolute Gasteiger partial charge is 0.231 e. The number of methoxy groups -OCH3 is 1. The first-order chi connectivity index (χ1) is 10.2. The summed E-state index contributed by atoms with van der Waals surface area (Å²) in [7, 11) is 1.61. The Bertz CT molecular complexity index is 678. The molecule has 1 aliphatic rings. The SMILES string of the molecule is COc1cc(CNc2ccc(Br)c(Cl)c2)cc2c1OCO2. The Balaban J connectivity index is 1.77. The average Bonchev–Trinajstić information content (AvgIpc) is 2.96. The lowest BCUT2D eigenvalue weighted by Crippen LogP contribution is -2.00. The van der Waals surface area contributed by atoms with Crippen LogP contribution in [0.25, 0.3) is 0 Å². The minimum atomic E-state index is 0.227. The van der Waals surface area contributed by atoms with Crippen LogP contribution in [0.1, 0.15) is 5.56 Å². The fraction of sp³-hybridized carbons (Fsp3) is 0.200. The number of fused-ring (bicyclic) bond motifs is 1. The minimum absolute atomic E-state index is 0.227. The number of rotatable bonds is 4. The molecule has 0 aliphatic carbocycles. The summed E-state index contributed by atoms with van der Waals surface area (Å²) >= 11 is 9.45. The van der Waals surface area contributed by atoms with Crippen molar-refractivity contribution in [1.29, 1.82) is 0 Å². The molecule has 0 saturated heterocycles. The molecule has 0 unspecified atom stereocenters. The molecule has 0 amide bonds. The van der Waals surface area contributed by atoms with Gasteiger partial charge in [0.1, 0.15) is 0 Å². The number of hydrogen-bond acceptors (Lipinski definition) is 4. The van der Waals surface area contributed by atoms with Crippen LogP contribution in [0.5, 0.6) is 17.2 Å². The molecular weight excluding hydrogens is 358 g/mol. The van der Waals surface area contributed by atoms with Crippen LogP contribution in [0.4, 0.5) is 5.69 Å². The zero-order valence-electron chi connectivity index (χ0n) is 11.3. The number of halogens is 2. The molecule has 4 nitrogen and oxygen atoms in total. The third-order valence-electron chi connectivity index (χ3n) is 3.13. The number of anilines is 1. The van der Waals surface area contributed by atoms with Gasteiger partial charge < -0.3 is 19.5 Å². The second-order valence-corrected chi connectivity index (χ2v) is 5.78. The van der Waals surface area contributed by atoms with E-state index in [1.54, 1.807) is 7.11 Å². The Kier molecular flexibility index (Phi) is 4.12. The maximum atomic E-state index is 6.08. The first-order valence-corrected chi connectivity index (χ1v) is 7.50. The van der Waals surface area contributed by atoms with Gasteiger partial charge in [0, 0.05) is 16.7 Å². The second-order valence-electron chi connectivity index (χ2n) is 4.51. The summed E-state index contributed by atoms with van der Waals surface area (Å²) in [6, 6.07) is 9.61. The number of benzene rings is 2. The molecule has 0 saturated carbocycles. The van der Waals surface area contributed by atoms with Crippen LogP contribution >= 0.6 is 27.5 Å². The van der Waals surface area contributed by atoms with Gasteiger partial charge in [-0.1, -0.05) is 11.6 Å².